The number of hydrogen-bond acceptors (Lipinski definition) is 3. The number of nitrogens with zero attached hydrogens (tertiary/aromatic N) is 2. The van der Waals surface area contributed by atoms with Gasteiger partial charge in [-0.1, -0.05) is 24.3 Å². The largest absolute Gasteiger partial charge is 0.329 e. The lowest BCUT2D eigenvalue weighted by Crippen LogP contribution is -2.38. The minimum absolute atomic E-state index is 0.0233. The summed E-state index contributed by atoms with van der Waals surface area (Å²) in [4.78, 5) is 38.2. The Morgan fingerprint density at radius 3 is 2.55 bits per heavy atom. The van der Waals surface area contributed by atoms with Crippen molar-refractivity contribution in [2.45, 2.75) is 13.8 Å². The van der Waals surface area contributed by atoms with Gasteiger partial charge in [0.05, 0.1) is 11.4 Å². The maximum atomic E-state index is 13.8. The number of urea groups is 1. The maximum absolute atomic E-state index is 13.8. The summed E-state index contributed by atoms with van der Waals surface area (Å²) < 4.78 is 16.7. The van der Waals surface area contributed by atoms with E-state index in [1.54, 1.807) is 12.1 Å². The highest BCUT2D eigenvalue weighted by Gasteiger charge is 2.35. The Labute approximate surface area is 198 Å². The first-order valence-electron chi connectivity index (χ1n) is 10.1. The van der Waals surface area contributed by atoms with Crippen molar-refractivity contribution in [2.24, 2.45) is 0 Å². The number of anilines is 1. The molecular formula is C24H20BrFN4O3. The molecule has 4 rings (SSSR count). The number of halogens is 2. The minimum atomic E-state index is -0.713. The summed E-state index contributed by atoms with van der Waals surface area (Å²) in [5.74, 6) is -1.92. The van der Waals surface area contributed by atoms with E-state index in [1.807, 2.05) is 48.7 Å². The van der Waals surface area contributed by atoms with Crippen molar-refractivity contribution < 1.29 is 18.8 Å². The number of carbonyl (C=O) groups is 3. The van der Waals surface area contributed by atoms with Gasteiger partial charge in [0.2, 0.25) is 5.91 Å². The molecule has 1 aliphatic rings. The zero-order valence-electron chi connectivity index (χ0n) is 17.9. The van der Waals surface area contributed by atoms with Crippen molar-refractivity contribution in [1.82, 2.24) is 14.8 Å². The van der Waals surface area contributed by atoms with E-state index in [1.165, 1.54) is 18.2 Å². The van der Waals surface area contributed by atoms with E-state index >= 15 is 0 Å². The van der Waals surface area contributed by atoms with Crippen molar-refractivity contribution in [3.63, 3.8) is 0 Å². The fourth-order valence-electron chi connectivity index (χ4n) is 3.70. The van der Waals surface area contributed by atoms with Gasteiger partial charge in [-0.15, -0.1) is 0 Å². The normalized spacial score (nSPS) is 14.7. The summed E-state index contributed by atoms with van der Waals surface area (Å²) in [5.41, 5.74) is 3.57. The Morgan fingerprint density at radius 1 is 1.12 bits per heavy atom. The smallest absolute Gasteiger partial charge is 0.322 e. The summed E-state index contributed by atoms with van der Waals surface area (Å²) in [5, 5.41) is 4.89. The number of imide groups is 1. The molecular weight excluding hydrogens is 491 g/mol. The van der Waals surface area contributed by atoms with Crippen LogP contribution in [-0.2, 0) is 9.59 Å². The van der Waals surface area contributed by atoms with E-state index in [0.717, 1.165) is 32.0 Å². The average Bonchev–Trinajstić information content (AvgIpc) is 3.19. The molecule has 1 aromatic heterocycles. The van der Waals surface area contributed by atoms with Crippen LogP contribution in [0.15, 0.2) is 64.8 Å². The van der Waals surface area contributed by atoms with E-state index in [9.17, 15) is 18.8 Å². The van der Waals surface area contributed by atoms with Gasteiger partial charge in [0, 0.05) is 15.9 Å². The fraction of sp³-hybridized carbons (Fsp3) is 0.125. The number of benzene rings is 2. The van der Waals surface area contributed by atoms with Crippen LogP contribution in [0.3, 0.4) is 0 Å². The number of hydrogen-bond donors (Lipinski definition) is 2. The van der Waals surface area contributed by atoms with Crippen LogP contribution in [0, 0.1) is 19.7 Å². The van der Waals surface area contributed by atoms with E-state index in [-0.39, 0.29) is 11.4 Å². The number of rotatable bonds is 5. The zero-order chi connectivity index (χ0) is 23.7. The molecule has 33 heavy (non-hydrogen) atoms. The Morgan fingerprint density at radius 2 is 1.82 bits per heavy atom. The van der Waals surface area contributed by atoms with Crippen molar-refractivity contribution in [2.75, 3.05) is 11.9 Å². The van der Waals surface area contributed by atoms with Gasteiger partial charge in [0.1, 0.15) is 18.1 Å². The summed E-state index contributed by atoms with van der Waals surface area (Å²) in [7, 11) is 0. The van der Waals surface area contributed by atoms with Crippen LogP contribution < -0.4 is 10.6 Å². The second-order valence-corrected chi connectivity index (χ2v) is 8.38. The van der Waals surface area contributed by atoms with Gasteiger partial charge in [-0.2, -0.15) is 0 Å². The van der Waals surface area contributed by atoms with Crippen molar-refractivity contribution in [3.05, 3.63) is 87.5 Å². The van der Waals surface area contributed by atoms with E-state index in [0.29, 0.717) is 0 Å². The molecule has 7 nitrogen and oxygen atoms in total. The molecule has 0 atom stereocenters. The lowest BCUT2D eigenvalue weighted by atomic mass is 10.2. The second-order valence-electron chi connectivity index (χ2n) is 7.52. The van der Waals surface area contributed by atoms with Gasteiger partial charge in [-0.3, -0.25) is 9.59 Å². The number of carbonyl (C=O) groups excluding carboxylic acids is 3. The van der Waals surface area contributed by atoms with Crippen LogP contribution in [0.25, 0.3) is 11.8 Å². The maximum Gasteiger partial charge on any atom is 0.329 e. The first-order chi connectivity index (χ1) is 15.8. The van der Waals surface area contributed by atoms with Crippen molar-refractivity contribution in [3.8, 4) is 5.69 Å². The number of nitrogens with one attached hydrogen (secondary N) is 2. The van der Waals surface area contributed by atoms with Crippen molar-refractivity contribution >= 4 is 45.5 Å². The van der Waals surface area contributed by atoms with Crippen LogP contribution >= 0.6 is 15.9 Å². The summed E-state index contributed by atoms with van der Waals surface area (Å²) in [6.07, 6.45) is 1.59. The summed E-state index contributed by atoms with van der Waals surface area (Å²) in [6, 6.07) is 14.6. The van der Waals surface area contributed by atoms with Crippen molar-refractivity contribution in [1.29, 1.82) is 0 Å². The molecule has 0 radical (unpaired) electrons. The highest BCUT2D eigenvalue weighted by Crippen LogP contribution is 2.28. The lowest BCUT2D eigenvalue weighted by molar-refractivity contribution is -0.127. The molecule has 1 saturated heterocycles. The number of aryl methyl sites for hydroxylation is 1. The van der Waals surface area contributed by atoms with Gasteiger partial charge in [0.15, 0.2) is 0 Å². The first kappa shape index (κ1) is 22.5. The Hall–Kier alpha value is -3.72. The number of amides is 4. The number of para-hydroxylation sites is 2. The number of aromatic nitrogens is 1. The molecule has 0 aliphatic carbocycles. The Bertz CT molecular complexity index is 1310. The predicted octanol–water partition coefficient (Wildman–Crippen LogP) is 4.53. The lowest BCUT2D eigenvalue weighted by Gasteiger charge is -2.12. The van der Waals surface area contributed by atoms with Crippen LogP contribution in [-0.4, -0.2) is 33.9 Å². The van der Waals surface area contributed by atoms with Crippen LogP contribution in [0.1, 0.15) is 17.0 Å². The topological polar surface area (TPSA) is 83.4 Å². The monoisotopic (exact) mass is 510 g/mol. The van der Waals surface area contributed by atoms with Gasteiger partial charge >= 0.3 is 6.03 Å². The fourth-order valence-corrected chi connectivity index (χ4v) is 4.17. The predicted molar refractivity (Wildman–Crippen MR) is 126 cm³/mol. The van der Waals surface area contributed by atoms with Gasteiger partial charge in [-0.05, 0) is 71.7 Å². The summed E-state index contributed by atoms with van der Waals surface area (Å²) >= 11 is 3.56. The van der Waals surface area contributed by atoms with E-state index in [4.69, 9.17) is 0 Å². The van der Waals surface area contributed by atoms with E-state index in [2.05, 4.69) is 26.6 Å². The molecule has 2 N–H and O–H groups in total. The third kappa shape index (κ3) is 4.45. The molecule has 1 aliphatic heterocycles. The third-order valence-electron chi connectivity index (χ3n) is 5.28. The standard InChI is InChI=1S/C24H20BrFN4O3/c1-14-11-16(15(2)30(14)21-10-6-3-7-17(21)25)12-20-23(32)29(24(33)28-20)13-22(31)27-19-9-5-4-8-18(19)26/h3-12H,13H2,1-2H3,(H,27,31)(H,28,33)/b20-12+. The Kier molecular flexibility index (Phi) is 6.15. The molecule has 4 amide bonds. The highest BCUT2D eigenvalue weighted by atomic mass is 79.9. The van der Waals surface area contributed by atoms with Crippen LogP contribution in [0.5, 0.6) is 0 Å². The second kappa shape index (κ2) is 9.03. The average molecular weight is 511 g/mol. The molecule has 1 fully saturated rings. The Balaban J connectivity index is 1.55. The van der Waals surface area contributed by atoms with E-state index < -0.39 is 30.2 Å². The molecule has 0 bridgehead atoms. The first-order valence-corrected chi connectivity index (χ1v) is 10.9. The molecule has 168 valence electrons. The molecule has 0 saturated carbocycles. The molecule has 2 heterocycles. The molecule has 9 heteroatoms. The third-order valence-corrected chi connectivity index (χ3v) is 5.95. The quantitative estimate of drug-likeness (QED) is 0.390. The highest BCUT2D eigenvalue weighted by molar-refractivity contribution is 9.10. The van der Waals surface area contributed by atoms with Gasteiger partial charge in [0.25, 0.3) is 5.91 Å². The minimum Gasteiger partial charge on any atom is -0.322 e. The van der Waals surface area contributed by atoms with Gasteiger partial charge < -0.3 is 15.2 Å². The van der Waals surface area contributed by atoms with Gasteiger partial charge in [-0.25, -0.2) is 14.1 Å². The molecule has 2 aromatic carbocycles. The molecule has 0 unspecified atom stereocenters. The van der Waals surface area contributed by atoms with Crippen LogP contribution in [0.2, 0.25) is 0 Å². The summed E-state index contributed by atoms with van der Waals surface area (Å²) in [6.45, 7) is 3.33. The van der Waals surface area contributed by atoms with Crippen LogP contribution in [0.4, 0.5) is 14.9 Å². The molecule has 3 aromatic rings. The molecule has 0 spiro atoms. The zero-order valence-corrected chi connectivity index (χ0v) is 19.4. The SMILES string of the molecule is Cc1cc(/C=C2/NC(=O)N(CC(=O)Nc3ccccc3F)C2=O)c(C)n1-c1ccccc1Br.